The Hall–Kier alpha value is -2.20. The van der Waals surface area contributed by atoms with Gasteiger partial charge in [0, 0.05) is 29.4 Å². The highest BCUT2D eigenvalue weighted by molar-refractivity contribution is 7.11. The second-order valence-corrected chi connectivity index (χ2v) is 8.45. The molecule has 1 atom stereocenters. The molecular weight excluding hydrogens is 376 g/mol. The lowest BCUT2D eigenvalue weighted by atomic mass is 10.0. The van der Waals surface area contributed by atoms with Crippen LogP contribution in [0.3, 0.4) is 0 Å². The second kappa shape index (κ2) is 13.9. The van der Waals surface area contributed by atoms with Crippen LogP contribution in [-0.2, 0) is 11.2 Å². The molecule has 0 aromatic carbocycles. The standard InChI is InChI=1S/C25H34N2OS/c1-3-4-5-6-14-23(24-16-10-19-29-24)15-8-17-25(28)27-21(2)11-7-12-22-13-9-18-26-20-22/h8-10,13,15-21H,3-7,11-12,14H2,1-2H3,(H,27,28)/b17-8+,23-15+. The molecular formula is C25H34N2OS. The van der Waals surface area contributed by atoms with Gasteiger partial charge in [0.2, 0.25) is 5.91 Å². The van der Waals surface area contributed by atoms with Crippen LogP contribution in [0.5, 0.6) is 0 Å². The number of nitrogens with zero attached hydrogens (tertiary/aromatic N) is 1. The Bertz CT molecular complexity index is 750. The van der Waals surface area contributed by atoms with Crippen LogP contribution in [0.4, 0.5) is 0 Å². The summed E-state index contributed by atoms with van der Waals surface area (Å²) in [5.74, 6) is -0.0216. The lowest BCUT2D eigenvalue weighted by Crippen LogP contribution is -2.31. The number of carbonyl (C=O) groups is 1. The molecule has 1 unspecified atom stereocenters. The first-order valence-corrected chi connectivity index (χ1v) is 11.7. The zero-order chi connectivity index (χ0) is 20.7. The highest BCUT2D eigenvalue weighted by atomic mass is 32.1. The van der Waals surface area contributed by atoms with Crippen LogP contribution < -0.4 is 5.32 Å². The van der Waals surface area contributed by atoms with Gasteiger partial charge in [-0.3, -0.25) is 9.78 Å². The van der Waals surface area contributed by atoms with E-state index in [9.17, 15) is 4.79 Å². The van der Waals surface area contributed by atoms with E-state index in [1.807, 2.05) is 18.3 Å². The number of rotatable bonds is 13. The fourth-order valence-electron chi connectivity index (χ4n) is 3.27. The summed E-state index contributed by atoms with van der Waals surface area (Å²) in [5, 5.41) is 5.18. The Morgan fingerprint density at radius 2 is 2.10 bits per heavy atom. The van der Waals surface area contributed by atoms with Crippen LogP contribution in [0.1, 0.15) is 69.2 Å². The first-order chi connectivity index (χ1) is 14.2. The zero-order valence-corrected chi connectivity index (χ0v) is 18.6. The van der Waals surface area contributed by atoms with Crippen molar-refractivity contribution >= 4 is 22.8 Å². The second-order valence-electron chi connectivity index (χ2n) is 7.50. The molecule has 0 saturated carbocycles. The van der Waals surface area contributed by atoms with Gasteiger partial charge in [-0.1, -0.05) is 50.5 Å². The molecule has 0 aliphatic rings. The van der Waals surface area contributed by atoms with Gasteiger partial charge in [-0.2, -0.15) is 0 Å². The summed E-state index contributed by atoms with van der Waals surface area (Å²) in [6, 6.07) is 8.47. The number of aryl methyl sites for hydroxylation is 1. The van der Waals surface area contributed by atoms with Gasteiger partial charge in [0.05, 0.1) is 0 Å². The highest BCUT2D eigenvalue weighted by Crippen LogP contribution is 2.25. The molecule has 2 heterocycles. The van der Waals surface area contributed by atoms with Gasteiger partial charge in [0.25, 0.3) is 0 Å². The van der Waals surface area contributed by atoms with E-state index in [2.05, 4.69) is 53.8 Å². The number of amides is 1. The molecule has 2 aromatic rings. The Kier molecular flexibility index (Phi) is 11.1. The van der Waals surface area contributed by atoms with E-state index < -0.39 is 0 Å². The minimum atomic E-state index is -0.0216. The molecule has 2 rings (SSSR count). The Labute approximate surface area is 180 Å². The van der Waals surface area contributed by atoms with Crippen LogP contribution >= 0.6 is 11.3 Å². The van der Waals surface area contributed by atoms with Crippen molar-refractivity contribution < 1.29 is 4.79 Å². The topological polar surface area (TPSA) is 42.0 Å². The van der Waals surface area contributed by atoms with Gasteiger partial charge in [-0.15, -0.1) is 11.3 Å². The number of thiophene rings is 1. The normalized spacial score (nSPS) is 13.0. The van der Waals surface area contributed by atoms with Crippen molar-refractivity contribution in [3.05, 3.63) is 70.7 Å². The van der Waals surface area contributed by atoms with Gasteiger partial charge in [0.15, 0.2) is 0 Å². The van der Waals surface area contributed by atoms with E-state index in [-0.39, 0.29) is 11.9 Å². The minimum Gasteiger partial charge on any atom is -0.350 e. The van der Waals surface area contributed by atoms with Crippen LogP contribution in [0.2, 0.25) is 0 Å². The minimum absolute atomic E-state index is 0.0216. The predicted octanol–water partition coefficient (Wildman–Crippen LogP) is 6.58. The number of allylic oxidation sites excluding steroid dienone is 3. The summed E-state index contributed by atoms with van der Waals surface area (Å²) in [4.78, 5) is 17.7. The predicted molar refractivity (Wildman–Crippen MR) is 125 cm³/mol. The summed E-state index contributed by atoms with van der Waals surface area (Å²) in [6.45, 7) is 4.30. The van der Waals surface area contributed by atoms with Gasteiger partial charge in [0.1, 0.15) is 0 Å². The van der Waals surface area contributed by atoms with E-state index in [0.29, 0.717) is 0 Å². The summed E-state index contributed by atoms with van der Waals surface area (Å²) in [5.41, 5.74) is 2.57. The number of nitrogens with one attached hydrogen (secondary N) is 1. The van der Waals surface area contributed by atoms with Crippen molar-refractivity contribution in [2.45, 2.75) is 71.3 Å². The third-order valence-electron chi connectivity index (χ3n) is 4.90. The molecule has 1 N–H and O–H groups in total. The molecule has 0 radical (unpaired) electrons. The van der Waals surface area contributed by atoms with Gasteiger partial charge in [-0.05, 0) is 67.7 Å². The molecule has 0 aliphatic heterocycles. The first kappa shape index (κ1) is 23.1. The lowest BCUT2D eigenvalue weighted by Gasteiger charge is -2.12. The maximum absolute atomic E-state index is 12.2. The molecule has 3 nitrogen and oxygen atoms in total. The molecule has 0 fully saturated rings. The summed E-state index contributed by atoms with van der Waals surface area (Å²) >= 11 is 1.76. The van der Waals surface area contributed by atoms with Crippen LogP contribution in [0.25, 0.3) is 5.57 Å². The number of hydrogen-bond donors (Lipinski definition) is 1. The zero-order valence-electron chi connectivity index (χ0n) is 17.8. The van der Waals surface area contributed by atoms with E-state index >= 15 is 0 Å². The molecule has 2 aromatic heterocycles. The molecule has 0 saturated heterocycles. The quantitative estimate of drug-likeness (QED) is 0.230. The van der Waals surface area contributed by atoms with E-state index in [4.69, 9.17) is 0 Å². The van der Waals surface area contributed by atoms with Crippen molar-refractivity contribution in [3.8, 4) is 0 Å². The first-order valence-electron chi connectivity index (χ1n) is 10.8. The highest BCUT2D eigenvalue weighted by Gasteiger charge is 2.05. The van der Waals surface area contributed by atoms with Crippen LogP contribution in [-0.4, -0.2) is 16.9 Å². The van der Waals surface area contributed by atoms with E-state index in [1.54, 1.807) is 23.6 Å². The smallest absolute Gasteiger partial charge is 0.244 e. The third-order valence-corrected chi connectivity index (χ3v) is 5.84. The summed E-state index contributed by atoms with van der Waals surface area (Å²) in [7, 11) is 0. The fourth-order valence-corrected chi connectivity index (χ4v) is 4.05. The van der Waals surface area contributed by atoms with Crippen molar-refractivity contribution in [1.82, 2.24) is 10.3 Å². The van der Waals surface area contributed by atoms with Gasteiger partial charge >= 0.3 is 0 Å². The number of aromatic nitrogens is 1. The van der Waals surface area contributed by atoms with Gasteiger partial charge < -0.3 is 5.32 Å². The SMILES string of the molecule is CCCCCC/C(=C\C=C\C(=O)NC(C)CCCc1cccnc1)c1cccs1. The number of hydrogen-bond acceptors (Lipinski definition) is 3. The van der Waals surface area contributed by atoms with E-state index in [1.165, 1.54) is 41.7 Å². The van der Waals surface area contributed by atoms with Crippen molar-refractivity contribution in [1.29, 1.82) is 0 Å². The summed E-state index contributed by atoms with van der Waals surface area (Å²) < 4.78 is 0. The average molecular weight is 411 g/mol. The molecule has 0 spiro atoms. The number of unbranched alkanes of at least 4 members (excludes halogenated alkanes) is 3. The Balaban J connectivity index is 1.77. The molecule has 4 heteroatoms. The monoisotopic (exact) mass is 410 g/mol. The molecule has 29 heavy (non-hydrogen) atoms. The molecule has 0 bridgehead atoms. The van der Waals surface area contributed by atoms with Crippen LogP contribution in [0, 0.1) is 0 Å². The third kappa shape index (κ3) is 9.71. The van der Waals surface area contributed by atoms with Crippen molar-refractivity contribution in [2.75, 3.05) is 0 Å². The lowest BCUT2D eigenvalue weighted by molar-refractivity contribution is -0.117. The van der Waals surface area contributed by atoms with Crippen molar-refractivity contribution in [3.63, 3.8) is 0 Å². The maximum atomic E-state index is 12.2. The van der Waals surface area contributed by atoms with E-state index in [0.717, 1.165) is 25.7 Å². The fraction of sp³-hybridized carbons (Fsp3) is 0.440. The molecule has 0 aliphatic carbocycles. The molecule has 1 amide bonds. The van der Waals surface area contributed by atoms with Gasteiger partial charge in [-0.25, -0.2) is 0 Å². The number of carbonyl (C=O) groups excluding carboxylic acids is 1. The maximum Gasteiger partial charge on any atom is 0.244 e. The Morgan fingerprint density at radius 1 is 1.21 bits per heavy atom. The Morgan fingerprint density at radius 3 is 2.83 bits per heavy atom. The molecule has 156 valence electrons. The average Bonchev–Trinajstić information content (AvgIpc) is 3.25. The number of pyridine rings is 1. The van der Waals surface area contributed by atoms with Crippen LogP contribution in [0.15, 0.2) is 60.3 Å². The summed E-state index contributed by atoms with van der Waals surface area (Å²) in [6.07, 6.45) is 18.4. The largest absolute Gasteiger partial charge is 0.350 e. The van der Waals surface area contributed by atoms with Crippen molar-refractivity contribution in [2.24, 2.45) is 0 Å².